The Morgan fingerprint density at radius 1 is 1.42 bits per heavy atom. The van der Waals surface area contributed by atoms with Crippen LogP contribution in [0.3, 0.4) is 0 Å². The molecule has 0 spiro atoms. The van der Waals surface area contributed by atoms with E-state index in [1.54, 1.807) is 0 Å². The van der Waals surface area contributed by atoms with E-state index in [0.29, 0.717) is 12.1 Å². The third kappa shape index (κ3) is 3.84. The molecular formula is C11H11I2N5O. The van der Waals surface area contributed by atoms with Gasteiger partial charge in [0.25, 0.3) is 11.9 Å². The summed E-state index contributed by atoms with van der Waals surface area (Å²) in [6.45, 7) is 2.71. The lowest BCUT2D eigenvalue weighted by molar-refractivity contribution is 0.102. The number of anilines is 1. The molecule has 0 radical (unpaired) electrons. The first-order valence-electron chi connectivity index (χ1n) is 5.64. The van der Waals surface area contributed by atoms with Crippen molar-refractivity contribution >= 4 is 57.0 Å². The van der Waals surface area contributed by atoms with E-state index in [1.807, 2.05) is 25.1 Å². The van der Waals surface area contributed by atoms with E-state index in [9.17, 15) is 4.79 Å². The van der Waals surface area contributed by atoms with Crippen LogP contribution in [0.1, 0.15) is 23.7 Å². The molecule has 2 aromatic rings. The molecule has 2 rings (SSSR count). The molecule has 1 heterocycles. The number of aryl methyl sites for hydroxylation is 1. The largest absolute Gasteiger partial charge is 0.288 e. The molecule has 100 valence electrons. The van der Waals surface area contributed by atoms with Crippen molar-refractivity contribution in [3.05, 3.63) is 30.9 Å². The lowest BCUT2D eigenvalue weighted by atomic mass is 10.2. The van der Waals surface area contributed by atoms with Gasteiger partial charge >= 0.3 is 0 Å². The van der Waals surface area contributed by atoms with Crippen molar-refractivity contribution in [3.8, 4) is 0 Å². The SMILES string of the molecule is CCCn1nnc(NC(=O)c2cc(I)ccc2I)n1. The number of halogens is 2. The van der Waals surface area contributed by atoms with Gasteiger partial charge in [-0.3, -0.25) is 10.1 Å². The van der Waals surface area contributed by atoms with E-state index in [-0.39, 0.29) is 11.9 Å². The van der Waals surface area contributed by atoms with Crippen LogP contribution < -0.4 is 5.32 Å². The fourth-order valence-electron chi connectivity index (χ4n) is 1.43. The number of nitrogens with one attached hydrogen (secondary N) is 1. The molecule has 1 amide bonds. The quantitative estimate of drug-likeness (QED) is 0.680. The van der Waals surface area contributed by atoms with Crippen molar-refractivity contribution in [3.63, 3.8) is 0 Å². The third-order valence-electron chi connectivity index (χ3n) is 2.27. The minimum atomic E-state index is -0.223. The Labute approximate surface area is 137 Å². The molecule has 6 nitrogen and oxygen atoms in total. The molecule has 1 aromatic carbocycles. The molecule has 0 aliphatic heterocycles. The maximum atomic E-state index is 12.1. The molecule has 19 heavy (non-hydrogen) atoms. The standard InChI is InChI=1S/C11H11I2N5O/c1-2-5-18-16-11(15-17-18)14-10(19)8-6-7(12)3-4-9(8)13/h3-4,6H,2,5H2,1H3,(H,14,16,19). The van der Waals surface area contributed by atoms with Crippen LogP contribution in [-0.2, 0) is 6.54 Å². The molecule has 0 fully saturated rings. The van der Waals surface area contributed by atoms with Crippen LogP contribution in [0, 0.1) is 7.14 Å². The van der Waals surface area contributed by atoms with Crippen LogP contribution in [0.25, 0.3) is 0 Å². The van der Waals surface area contributed by atoms with Crippen molar-refractivity contribution in [2.75, 3.05) is 5.32 Å². The van der Waals surface area contributed by atoms with Gasteiger partial charge in [-0.1, -0.05) is 12.0 Å². The van der Waals surface area contributed by atoms with Crippen LogP contribution >= 0.6 is 45.2 Å². The van der Waals surface area contributed by atoms with Crippen molar-refractivity contribution in [1.29, 1.82) is 0 Å². The molecule has 0 aliphatic carbocycles. The van der Waals surface area contributed by atoms with Crippen LogP contribution in [-0.4, -0.2) is 26.1 Å². The van der Waals surface area contributed by atoms with E-state index in [0.717, 1.165) is 13.6 Å². The molecular weight excluding hydrogens is 472 g/mol. The maximum absolute atomic E-state index is 12.1. The number of rotatable bonds is 4. The Morgan fingerprint density at radius 3 is 2.95 bits per heavy atom. The van der Waals surface area contributed by atoms with Crippen LogP contribution in [0.15, 0.2) is 18.2 Å². The molecule has 8 heteroatoms. The first-order valence-corrected chi connectivity index (χ1v) is 7.80. The fraction of sp³-hybridized carbons (Fsp3) is 0.273. The summed E-state index contributed by atoms with van der Waals surface area (Å²) in [5.74, 6) is 0.00655. The van der Waals surface area contributed by atoms with Gasteiger partial charge in [-0.15, -0.1) is 5.10 Å². The predicted octanol–water partition coefficient (Wildman–Crippen LogP) is 2.54. The van der Waals surface area contributed by atoms with Gasteiger partial charge in [0.15, 0.2) is 0 Å². The number of amides is 1. The summed E-state index contributed by atoms with van der Waals surface area (Å²) in [7, 11) is 0. The molecule has 0 atom stereocenters. The molecule has 1 aromatic heterocycles. The summed E-state index contributed by atoms with van der Waals surface area (Å²) in [6, 6.07) is 5.68. The summed E-state index contributed by atoms with van der Waals surface area (Å²) in [4.78, 5) is 13.6. The van der Waals surface area contributed by atoms with Crippen LogP contribution in [0.2, 0.25) is 0 Å². The normalized spacial score (nSPS) is 10.5. The zero-order chi connectivity index (χ0) is 13.8. The average Bonchev–Trinajstić information content (AvgIpc) is 2.80. The molecule has 0 saturated heterocycles. The predicted molar refractivity (Wildman–Crippen MR) is 87.9 cm³/mol. The number of carbonyl (C=O) groups is 1. The van der Waals surface area contributed by atoms with Gasteiger partial charge in [0.1, 0.15) is 0 Å². The van der Waals surface area contributed by atoms with E-state index < -0.39 is 0 Å². The molecule has 0 bridgehead atoms. The van der Waals surface area contributed by atoms with Gasteiger partial charge in [0.2, 0.25) is 0 Å². The summed E-state index contributed by atoms with van der Waals surface area (Å²) >= 11 is 4.30. The van der Waals surface area contributed by atoms with Crippen molar-refractivity contribution in [2.45, 2.75) is 19.9 Å². The number of nitrogens with zero attached hydrogens (tertiary/aromatic N) is 4. The Balaban J connectivity index is 2.13. The summed E-state index contributed by atoms with van der Waals surface area (Å²) in [6.07, 6.45) is 0.915. The highest BCUT2D eigenvalue weighted by Gasteiger charge is 2.13. The third-order valence-corrected chi connectivity index (χ3v) is 3.89. The van der Waals surface area contributed by atoms with Crippen molar-refractivity contribution in [2.24, 2.45) is 0 Å². The van der Waals surface area contributed by atoms with E-state index in [4.69, 9.17) is 0 Å². The second kappa shape index (κ2) is 6.59. The van der Waals surface area contributed by atoms with Gasteiger partial charge in [-0.05, 0) is 75.0 Å². The minimum absolute atomic E-state index is 0.223. The Morgan fingerprint density at radius 2 is 2.21 bits per heavy atom. The highest BCUT2D eigenvalue weighted by molar-refractivity contribution is 14.1. The Hall–Kier alpha value is -0.780. The first kappa shape index (κ1) is 14.6. The summed E-state index contributed by atoms with van der Waals surface area (Å²) in [5, 5.41) is 14.4. The van der Waals surface area contributed by atoms with E-state index >= 15 is 0 Å². The molecule has 0 unspecified atom stereocenters. The van der Waals surface area contributed by atoms with E-state index in [1.165, 1.54) is 4.80 Å². The number of carbonyl (C=O) groups excluding carboxylic acids is 1. The zero-order valence-electron chi connectivity index (χ0n) is 10.1. The molecule has 0 saturated carbocycles. The number of benzene rings is 1. The van der Waals surface area contributed by atoms with Crippen molar-refractivity contribution < 1.29 is 4.79 Å². The van der Waals surface area contributed by atoms with Gasteiger partial charge in [0.05, 0.1) is 12.1 Å². The topological polar surface area (TPSA) is 72.7 Å². The van der Waals surface area contributed by atoms with Gasteiger partial charge in [-0.2, -0.15) is 4.80 Å². The number of hydrogen-bond donors (Lipinski definition) is 1. The highest BCUT2D eigenvalue weighted by Crippen LogP contribution is 2.16. The van der Waals surface area contributed by atoms with Crippen LogP contribution in [0.5, 0.6) is 0 Å². The second-order valence-electron chi connectivity index (χ2n) is 3.79. The lowest BCUT2D eigenvalue weighted by Crippen LogP contribution is -2.15. The molecule has 0 aliphatic rings. The first-order chi connectivity index (χ1) is 9.10. The average molecular weight is 483 g/mol. The lowest BCUT2D eigenvalue weighted by Gasteiger charge is -2.04. The summed E-state index contributed by atoms with van der Waals surface area (Å²) in [5.41, 5.74) is 0.611. The maximum Gasteiger partial charge on any atom is 0.270 e. The minimum Gasteiger partial charge on any atom is -0.288 e. The Bertz CT molecular complexity index is 599. The summed E-state index contributed by atoms with van der Waals surface area (Å²) < 4.78 is 1.89. The fourth-order valence-corrected chi connectivity index (χ4v) is 2.50. The number of aromatic nitrogens is 4. The highest BCUT2D eigenvalue weighted by atomic mass is 127. The van der Waals surface area contributed by atoms with Crippen molar-refractivity contribution in [1.82, 2.24) is 20.2 Å². The number of tetrazole rings is 1. The van der Waals surface area contributed by atoms with Gasteiger partial charge < -0.3 is 0 Å². The van der Waals surface area contributed by atoms with Gasteiger partial charge in [-0.25, -0.2) is 0 Å². The van der Waals surface area contributed by atoms with E-state index in [2.05, 4.69) is 65.9 Å². The second-order valence-corrected chi connectivity index (χ2v) is 6.20. The smallest absolute Gasteiger partial charge is 0.270 e. The zero-order valence-corrected chi connectivity index (χ0v) is 14.4. The monoisotopic (exact) mass is 483 g/mol. The molecule has 1 N–H and O–H groups in total. The van der Waals surface area contributed by atoms with Gasteiger partial charge in [0, 0.05) is 7.14 Å². The Kier molecular flexibility index (Phi) is 5.07. The number of hydrogen-bond acceptors (Lipinski definition) is 4. The van der Waals surface area contributed by atoms with Crippen LogP contribution in [0.4, 0.5) is 5.95 Å².